The van der Waals surface area contributed by atoms with Crippen LogP contribution in [0.25, 0.3) is 22.2 Å². The molecule has 170 valence electrons. The first kappa shape index (κ1) is 21.6. The molecule has 1 aliphatic heterocycles. The van der Waals surface area contributed by atoms with Crippen LogP contribution in [0, 0.1) is 5.82 Å². The zero-order valence-corrected chi connectivity index (χ0v) is 18.9. The number of aromatic nitrogens is 3. The fraction of sp³-hybridized carbons (Fsp3) is 0.308. The Hall–Kier alpha value is -3.29. The first-order valence-electron chi connectivity index (χ1n) is 11.2. The number of rotatable bonds is 6. The summed E-state index contributed by atoms with van der Waals surface area (Å²) in [6.45, 7) is 5.80. The Bertz CT molecular complexity index is 1260. The summed E-state index contributed by atoms with van der Waals surface area (Å²) in [6, 6.07) is 12.9. The maximum absolute atomic E-state index is 13.8. The third kappa shape index (κ3) is 4.34. The highest BCUT2D eigenvalue weighted by Gasteiger charge is 2.27. The molecule has 6 nitrogen and oxygen atoms in total. The average Bonchev–Trinajstić information content (AvgIpc) is 3.20. The third-order valence-corrected chi connectivity index (χ3v) is 6.21. The topological polar surface area (TPSA) is 52.4 Å². The molecule has 0 N–H and O–H groups in total. The molecule has 2 aromatic heterocycles. The summed E-state index contributed by atoms with van der Waals surface area (Å²) in [7, 11) is 1.65. The van der Waals surface area contributed by atoms with Crippen LogP contribution < -0.4 is 4.74 Å². The monoisotopic (exact) mass is 446 g/mol. The maximum Gasteiger partial charge on any atom is 0.125 e. The van der Waals surface area contributed by atoms with Crippen molar-refractivity contribution in [3.63, 3.8) is 0 Å². The number of nitrogens with zero attached hydrogens (tertiary/aromatic N) is 4. The highest BCUT2D eigenvalue weighted by atomic mass is 19.1. The van der Waals surface area contributed by atoms with Gasteiger partial charge in [0.05, 0.1) is 30.6 Å². The second-order valence-corrected chi connectivity index (χ2v) is 8.22. The summed E-state index contributed by atoms with van der Waals surface area (Å²) in [5, 5.41) is 1.10. The summed E-state index contributed by atoms with van der Waals surface area (Å²) >= 11 is 0. The lowest BCUT2D eigenvalue weighted by Gasteiger charge is -2.33. The van der Waals surface area contributed by atoms with E-state index in [0.717, 1.165) is 53.2 Å². The molecule has 7 heteroatoms. The molecule has 0 aliphatic carbocycles. The SMILES string of the molecule is CCn1cc(CN2CCO[C@H](c3nccnc3-c3ccc(OC)cc3)C2)c2ccc(F)cc21. The lowest BCUT2D eigenvalue weighted by molar-refractivity contribution is -0.0347. The Morgan fingerprint density at radius 3 is 2.73 bits per heavy atom. The fourth-order valence-corrected chi connectivity index (χ4v) is 4.54. The van der Waals surface area contributed by atoms with E-state index in [-0.39, 0.29) is 11.9 Å². The number of ether oxygens (including phenoxy) is 2. The minimum Gasteiger partial charge on any atom is -0.497 e. The normalized spacial score (nSPS) is 16.9. The van der Waals surface area contributed by atoms with E-state index in [1.165, 1.54) is 11.6 Å². The predicted octanol–water partition coefficient (Wildman–Crippen LogP) is 4.84. The van der Waals surface area contributed by atoms with Crippen molar-refractivity contribution >= 4 is 10.9 Å². The molecule has 2 aromatic carbocycles. The number of hydrogen-bond donors (Lipinski definition) is 0. The molecule has 1 aliphatic rings. The van der Waals surface area contributed by atoms with Crippen LogP contribution in [0.3, 0.4) is 0 Å². The number of hydrogen-bond acceptors (Lipinski definition) is 5. The van der Waals surface area contributed by atoms with Gasteiger partial charge >= 0.3 is 0 Å². The molecule has 1 saturated heterocycles. The number of fused-ring (bicyclic) bond motifs is 1. The number of aryl methyl sites for hydroxylation is 1. The van der Waals surface area contributed by atoms with Gasteiger partial charge in [-0.15, -0.1) is 0 Å². The van der Waals surface area contributed by atoms with Gasteiger partial charge in [-0.3, -0.25) is 14.9 Å². The van der Waals surface area contributed by atoms with Crippen molar-refractivity contribution < 1.29 is 13.9 Å². The molecule has 0 radical (unpaired) electrons. The largest absolute Gasteiger partial charge is 0.497 e. The van der Waals surface area contributed by atoms with E-state index in [2.05, 4.69) is 32.6 Å². The third-order valence-electron chi connectivity index (χ3n) is 6.21. The van der Waals surface area contributed by atoms with Crippen LogP contribution in [-0.2, 0) is 17.8 Å². The average molecular weight is 447 g/mol. The van der Waals surface area contributed by atoms with Crippen molar-refractivity contribution in [2.75, 3.05) is 26.8 Å². The number of methoxy groups -OCH3 is 1. The van der Waals surface area contributed by atoms with Crippen molar-refractivity contribution in [1.82, 2.24) is 19.4 Å². The molecule has 0 spiro atoms. The molecule has 0 saturated carbocycles. The van der Waals surface area contributed by atoms with Gasteiger partial charge in [0.15, 0.2) is 0 Å². The van der Waals surface area contributed by atoms with Crippen LogP contribution in [0.2, 0.25) is 0 Å². The van der Waals surface area contributed by atoms with E-state index in [1.54, 1.807) is 25.6 Å². The standard InChI is InChI=1S/C26H27FN4O2/c1-3-31-16-19(22-9-6-20(27)14-23(22)31)15-30-12-13-33-24(17-30)26-25(28-10-11-29-26)18-4-7-21(32-2)8-5-18/h4-11,14,16,24H,3,12-13,15,17H2,1-2H3/t24-/m0/s1. The predicted molar refractivity (Wildman–Crippen MR) is 126 cm³/mol. The van der Waals surface area contributed by atoms with Gasteiger partial charge in [0.25, 0.3) is 0 Å². The van der Waals surface area contributed by atoms with E-state index < -0.39 is 0 Å². The second kappa shape index (κ2) is 9.29. The highest BCUT2D eigenvalue weighted by molar-refractivity contribution is 5.84. The van der Waals surface area contributed by atoms with Gasteiger partial charge in [-0.05, 0) is 55.0 Å². The smallest absolute Gasteiger partial charge is 0.125 e. The van der Waals surface area contributed by atoms with Crippen molar-refractivity contribution in [3.05, 3.63) is 78.1 Å². The Kier molecular flexibility index (Phi) is 6.07. The van der Waals surface area contributed by atoms with Gasteiger partial charge in [0.1, 0.15) is 17.7 Å². The Balaban J connectivity index is 1.40. The molecule has 33 heavy (non-hydrogen) atoms. The molecule has 5 rings (SSSR count). The van der Waals surface area contributed by atoms with E-state index in [0.29, 0.717) is 13.2 Å². The zero-order valence-electron chi connectivity index (χ0n) is 18.9. The van der Waals surface area contributed by atoms with Crippen LogP contribution in [0.15, 0.2) is 61.1 Å². The first-order chi connectivity index (χ1) is 16.2. The van der Waals surface area contributed by atoms with Crippen molar-refractivity contribution in [3.8, 4) is 17.0 Å². The zero-order chi connectivity index (χ0) is 22.8. The molecule has 0 unspecified atom stereocenters. The molecular formula is C26H27FN4O2. The fourth-order valence-electron chi connectivity index (χ4n) is 4.54. The van der Waals surface area contributed by atoms with E-state index in [4.69, 9.17) is 9.47 Å². The van der Waals surface area contributed by atoms with Crippen LogP contribution in [0.4, 0.5) is 4.39 Å². The van der Waals surface area contributed by atoms with Crippen molar-refractivity contribution in [2.45, 2.75) is 26.1 Å². The number of morpholine rings is 1. The molecule has 1 atom stereocenters. The summed E-state index contributed by atoms with van der Waals surface area (Å²) < 4.78 is 27.4. The van der Waals surface area contributed by atoms with Gasteiger partial charge in [-0.25, -0.2) is 4.39 Å². The lowest BCUT2D eigenvalue weighted by atomic mass is 10.0. The first-order valence-corrected chi connectivity index (χ1v) is 11.2. The van der Waals surface area contributed by atoms with E-state index in [9.17, 15) is 4.39 Å². The molecule has 0 amide bonds. The summed E-state index contributed by atoms with van der Waals surface area (Å²) in [5.41, 5.74) is 4.78. The summed E-state index contributed by atoms with van der Waals surface area (Å²) in [5.74, 6) is 0.595. The molecule has 1 fully saturated rings. The van der Waals surface area contributed by atoms with Gasteiger partial charge in [0, 0.05) is 55.7 Å². The Morgan fingerprint density at radius 1 is 1.12 bits per heavy atom. The highest BCUT2D eigenvalue weighted by Crippen LogP contribution is 2.31. The van der Waals surface area contributed by atoms with Crippen LogP contribution >= 0.6 is 0 Å². The lowest BCUT2D eigenvalue weighted by Crippen LogP contribution is -2.38. The van der Waals surface area contributed by atoms with E-state index in [1.807, 2.05) is 30.3 Å². The number of benzene rings is 2. The number of halogens is 1. The summed E-state index contributed by atoms with van der Waals surface area (Å²) in [4.78, 5) is 11.6. The van der Waals surface area contributed by atoms with Gasteiger partial charge in [0.2, 0.25) is 0 Å². The van der Waals surface area contributed by atoms with Crippen molar-refractivity contribution in [1.29, 1.82) is 0 Å². The van der Waals surface area contributed by atoms with E-state index >= 15 is 0 Å². The minimum absolute atomic E-state index is 0.179. The Morgan fingerprint density at radius 2 is 1.94 bits per heavy atom. The van der Waals surface area contributed by atoms with Crippen LogP contribution in [0.5, 0.6) is 5.75 Å². The summed E-state index contributed by atoms with van der Waals surface area (Å²) in [6.07, 6.45) is 5.39. The van der Waals surface area contributed by atoms with Crippen LogP contribution in [-0.4, -0.2) is 46.2 Å². The maximum atomic E-state index is 13.8. The van der Waals surface area contributed by atoms with Gasteiger partial charge in [-0.2, -0.15) is 0 Å². The van der Waals surface area contributed by atoms with Crippen LogP contribution in [0.1, 0.15) is 24.3 Å². The molecule has 4 aromatic rings. The van der Waals surface area contributed by atoms with Gasteiger partial charge < -0.3 is 14.0 Å². The second-order valence-electron chi connectivity index (χ2n) is 8.22. The quantitative estimate of drug-likeness (QED) is 0.424. The Labute approximate surface area is 192 Å². The molecule has 3 heterocycles. The molecular weight excluding hydrogens is 419 g/mol. The van der Waals surface area contributed by atoms with Gasteiger partial charge in [-0.1, -0.05) is 0 Å². The minimum atomic E-state index is -0.206. The van der Waals surface area contributed by atoms with Crippen molar-refractivity contribution in [2.24, 2.45) is 0 Å². The molecule has 0 bridgehead atoms.